The molecule has 0 spiro atoms. The van der Waals surface area contributed by atoms with Crippen molar-refractivity contribution in [2.75, 3.05) is 13.7 Å². The number of hydrogen-bond acceptors (Lipinski definition) is 3. The van der Waals surface area contributed by atoms with Gasteiger partial charge in [0, 0.05) is 4.57 Å². The molecule has 0 aliphatic rings. The van der Waals surface area contributed by atoms with Crippen molar-refractivity contribution in [2.24, 2.45) is 0 Å². The van der Waals surface area contributed by atoms with Crippen LogP contribution in [0.4, 0.5) is 0 Å². The summed E-state index contributed by atoms with van der Waals surface area (Å²) in [7, 11) is -0.526. The number of allylic oxidation sites excluding steroid dienone is 1. The molecule has 0 rings (SSSR count). The monoisotopic (exact) mass is 163 g/mol. The van der Waals surface area contributed by atoms with Gasteiger partial charge in [-0.3, -0.25) is 0 Å². The Kier molecular flexibility index (Phi) is 6.71. The molecule has 0 fully saturated rings. The fraction of sp³-hybridized carbons (Fsp3) is 0.667. The summed E-state index contributed by atoms with van der Waals surface area (Å²) in [5, 5.41) is 0. The number of rotatable bonds is 6. The molecule has 3 nitrogen and oxygen atoms in total. The van der Waals surface area contributed by atoms with E-state index in [0.717, 1.165) is 12.8 Å². The molecule has 4 heteroatoms. The number of hydrogen-bond donors (Lipinski definition) is 0. The predicted molar refractivity (Wildman–Crippen MR) is 40.0 cm³/mol. The lowest BCUT2D eigenvalue weighted by molar-refractivity contribution is 0.254. The predicted octanol–water partition coefficient (Wildman–Crippen LogP) is 2.27. The van der Waals surface area contributed by atoms with Crippen LogP contribution in [-0.2, 0) is 13.6 Å². The molecule has 0 radical (unpaired) electrons. The third kappa shape index (κ3) is 5.89. The van der Waals surface area contributed by atoms with Crippen LogP contribution >= 0.6 is 8.25 Å². The van der Waals surface area contributed by atoms with E-state index in [1.54, 1.807) is 6.08 Å². The quantitative estimate of drug-likeness (QED) is 0.342. The van der Waals surface area contributed by atoms with Crippen molar-refractivity contribution in [1.82, 2.24) is 0 Å². The van der Waals surface area contributed by atoms with Crippen LogP contribution in [0.25, 0.3) is 0 Å². The van der Waals surface area contributed by atoms with Crippen molar-refractivity contribution >= 4 is 8.25 Å². The van der Waals surface area contributed by atoms with Gasteiger partial charge < -0.3 is 0 Å². The van der Waals surface area contributed by atoms with Crippen LogP contribution in [0.15, 0.2) is 12.7 Å². The van der Waals surface area contributed by atoms with Crippen LogP contribution in [0.3, 0.4) is 0 Å². The van der Waals surface area contributed by atoms with Gasteiger partial charge in [0.1, 0.15) is 6.61 Å². The van der Waals surface area contributed by atoms with Gasteiger partial charge in [0.25, 0.3) is 0 Å². The summed E-state index contributed by atoms with van der Waals surface area (Å²) in [4.78, 5) is 0. The second-order valence-corrected chi connectivity index (χ2v) is 2.74. The Morgan fingerprint density at radius 3 is 2.90 bits per heavy atom. The van der Waals surface area contributed by atoms with Crippen molar-refractivity contribution in [3.05, 3.63) is 12.7 Å². The minimum Gasteiger partial charge on any atom is -0.122 e. The van der Waals surface area contributed by atoms with E-state index >= 15 is 0 Å². The molecule has 58 valence electrons. The Balaban J connectivity index is 3.03. The van der Waals surface area contributed by atoms with Gasteiger partial charge in [0.05, 0.1) is 7.11 Å². The topological polar surface area (TPSA) is 35.5 Å². The smallest absolute Gasteiger partial charge is 0.122 e. The molecule has 0 saturated carbocycles. The fourth-order valence-electron chi connectivity index (χ4n) is 0.419. The van der Waals surface area contributed by atoms with E-state index in [-0.39, 0.29) is 0 Å². The fourth-order valence-corrected chi connectivity index (χ4v) is 0.803. The first-order valence-corrected chi connectivity index (χ1v) is 4.16. The zero-order valence-corrected chi connectivity index (χ0v) is 6.97. The second kappa shape index (κ2) is 6.87. The molecule has 0 saturated heterocycles. The standard InChI is InChI=1S/C6H12O3P/c1-3-4-5-6-9-10(7)8-2/h3H,1,4-6H2,2H3/q+1. The van der Waals surface area contributed by atoms with Crippen molar-refractivity contribution in [1.29, 1.82) is 0 Å². The Morgan fingerprint density at radius 2 is 2.40 bits per heavy atom. The lowest BCUT2D eigenvalue weighted by Crippen LogP contribution is -1.85. The summed E-state index contributed by atoms with van der Waals surface area (Å²) in [5.74, 6) is 0. The normalized spacial score (nSPS) is 11.1. The van der Waals surface area contributed by atoms with Crippen LogP contribution in [0.1, 0.15) is 12.8 Å². The van der Waals surface area contributed by atoms with Gasteiger partial charge in [-0.05, 0) is 12.8 Å². The SMILES string of the molecule is C=CCCCO[P+](=O)OC. The van der Waals surface area contributed by atoms with Gasteiger partial charge >= 0.3 is 8.25 Å². The minimum atomic E-state index is -1.88. The molecule has 0 heterocycles. The Bertz CT molecular complexity index is 114. The van der Waals surface area contributed by atoms with Crippen LogP contribution in [0.2, 0.25) is 0 Å². The Labute approximate surface area is 62.0 Å². The number of unbranched alkanes of at least 4 members (excludes halogenated alkanes) is 1. The van der Waals surface area contributed by atoms with Gasteiger partial charge in [-0.15, -0.1) is 15.6 Å². The van der Waals surface area contributed by atoms with E-state index in [4.69, 9.17) is 4.52 Å². The van der Waals surface area contributed by atoms with Crippen molar-refractivity contribution in [3.8, 4) is 0 Å². The van der Waals surface area contributed by atoms with Gasteiger partial charge in [-0.2, -0.15) is 0 Å². The molecule has 0 N–H and O–H groups in total. The zero-order valence-electron chi connectivity index (χ0n) is 6.08. The van der Waals surface area contributed by atoms with Crippen molar-refractivity contribution in [3.63, 3.8) is 0 Å². The lowest BCUT2D eigenvalue weighted by atomic mass is 10.3. The molecular formula is C6H12O3P+. The molecule has 0 aliphatic heterocycles. The van der Waals surface area contributed by atoms with E-state index in [1.807, 2.05) is 0 Å². The second-order valence-electron chi connectivity index (χ2n) is 1.67. The molecule has 1 atom stereocenters. The van der Waals surface area contributed by atoms with Crippen LogP contribution < -0.4 is 0 Å². The van der Waals surface area contributed by atoms with Crippen molar-refractivity contribution < 1.29 is 13.6 Å². The largest absolute Gasteiger partial charge is 0.697 e. The Morgan fingerprint density at radius 1 is 1.70 bits per heavy atom. The third-order valence-electron chi connectivity index (χ3n) is 0.898. The van der Waals surface area contributed by atoms with Gasteiger partial charge in [0.15, 0.2) is 0 Å². The van der Waals surface area contributed by atoms with E-state index in [2.05, 4.69) is 11.1 Å². The first-order chi connectivity index (χ1) is 4.81. The molecule has 10 heavy (non-hydrogen) atoms. The highest BCUT2D eigenvalue weighted by molar-refractivity contribution is 7.33. The summed E-state index contributed by atoms with van der Waals surface area (Å²) < 4.78 is 19.6. The van der Waals surface area contributed by atoms with E-state index in [1.165, 1.54) is 7.11 Å². The maximum Gasteiger partial charge on any atom is 0.697 e. The zero-order chi connectivity index (χ0) is 7.82. The first-order valence-electron chi connectivity index (χ1n) is 3.06. The Hall–Kier alpha value is -0.240. The summed E-state index contributed by atoms with van der Waals surface area (Å²) >= 11 is 0. The molecular weight excluding hydrogens is 151 g/mol. The molecule has 0 aromatic rings. The highest BCUT2D eigenvalue weighted by Crippen LogP contribution is 2.21. The average Bonchev–Trinajstić information content (AvgIpc) is 1.98. The van der Waals surface area contributed by atoms with Gasteiger partial charge in [0.2, 0.25) is 0 Å². The molecule has 1 unspecified atom stereocenters. The van der Waals surface area contributed by atoms with Gasteiger partial charge in [-0.1, -0.05) is 6.08 Å². The molecule has 0 amide bonds. The average molecular weight is 163 g/mol. The molecule has 0 aromatic carbocycles. The lowest BCUT2D eigenvalue weighted by Gasteiger charge is -1.86. The van der Waals surface area contributed by atoms with Gasteiger partial charge in [-0.25, -0.2) is 0 Å². The third-order valence-corrected chi connectivity index (χ3v) is 1.59. The minimum absolute atomic E-state index is 0.467. The van der Waals surface area contributed by atoms with Crippen LogP contribution in [0.5, 0.6) is 0 Å². The maximum atomic E-state index is 10.5. The van der Waals surface area contributed by atoms with E-state index in [9.17, 15) is 4.57 Å². The summed E-state index contributed by atoms with van der Waals surface area (Å²) in [5.41, 5.74) is 0. The molecule has 0 aliphatic carbocycles. The maximum absolute atomic E-state index is 10.5. The highest BCUT2D eigenvalue weighted by Gasteiger charge is 2.15. The highest BCUT2D eigenvalue weighted by atomic mass is 31.1. The van der Waals surface area contributed by atoms with Crippen LogP contribution in [-0.4, -0.2) is 13.7 Å². The van der Waals surface area contributed by atoms with Crippen molar-refractivity contribution in [2.45, 2.75) is 12.8 Å². The summed E-state index contributed by atoms with van der Waals surface area (Å²) in [6.07, 6.45) is 3.52. The summed E-state index contributed by atoms with van der Waals surface area (Å²) in [6, 6.07) is 0. The molecule has 0 aromatic heterocycles. The molecule has 0 bridgehead atoms. The summed E-state index contributed by atoms with van der Waals surface area (Å²) in [6.45, 7) is 4.01. The van der Waals surface area contributed by atoms with E-state index < -0.39 is 8.25 Å². The van der Waals surface area contributed by atoms with Crippen LogP contribution in [0, 0.1) is 0 Å². The van der Waals surface area contributed by atoms with E-state index in [0.29, 0.717) is 6.61 Å². The first kappa shape index (κ1) is 9.76.